The largest absolute Gasteiger partial charge is 0.449 e. The van der Waals surface area contributed by atoms with Crippen LogP contribution in [-0.4, -0.2) is 25.9 Å². The molecule has 0 saturated heterocycles. The molecule has 28 heavy (non-hydrogen) atoms. The van der Waals surface area contributed by atoms with Gasteiger partial charge in [0.15, 0.2) is 0 Å². The summed E-state index contributed by atoms with van der Waals surface area (Å²) in [5, 5.41) is 0. The number of hydrogen-bond acceptors (Lipinski definition) is 2. The van der Waals surface area contributed by atoms with Crippen LogP contribution in [0.15, 0.2) is 54.6 Å². The minimum absolute atomic E-state index is 0.216. The van der Waals surface area contributed by atoms with Crippen molar-refractivity contribution in [3.8, 4) is 0 Å². The molecule has 1 amide bonds. The Balaban J connectivity index is 1.98. The first-order valence-corrected chi connectivity index (χ1v) is 8.94. The molecule has 0 atom stereocenters. The van der Waals surface area contributed by atoms with Gasteiger partial charge in [0.2, 0.25) is 11.7 Å². The summed E-state index contributed by atoms with van der Waals surface area (Å²) in [6.07, 6.45) is -4.65. The van der Waals surface area contributed by atoms with Gasteiger partial charge < -0.3 is 9.47 Å². The van der Waals surface area contributed by atoms with Gasteiger partial charge >= 0.3 is 6.18 Å². The number of nitrogens with zero attached hydrogens (tertiary/aromatic N) is 3. The Morgan fingerprint density at radius 2 is 1.61 bits per heavy atom. The van der Waals surface area contributed by atoms with E-state index in [0.29, 0.717) is 6.54 Å². The molecule has 3 rings (SSSR count). The van der Waals surface area contributed by atoms with E-state index in [1.807, 2.05) is 51.1 Å². The quantitative estimate of drug-likeness (QED) is 0.638. The van der Waals surface area contributed by atoms with Gasteiger partial charge in [0, 0.05) is 12.1 Å². The molecule has 0 aliphatic rings. The molecule has 4 nitrogen and oxygen atoms in total. The minimum Gasteiger partial charge on any atom is -0.332 e. The second-order valence-electron chi connectivity index (χ2n) is 7.64. The van der Waals surface area contributed by atoms with E-state index in [1.165, 1.54) is 6.07 Å². The Hall–Kier alpha value is -2.83. The van der Waals surface area contributed by atoms with E-state index in [2.05, 4.69) is 4.98 Å². The summed E-state index contributed by atoms with van der Waals surface area (Å²) in [4.78, 5) is 18.4. The monoisotopic (exact) mass is 389 g/mol. The van der Waals surface area contributed by atoms with E-state index in [9.17, 15) is 18.0 Å². The van der Waals surface area contributed by atoms with Gasteiger partial charge in [-0.2, -0.15) is 13.2 Å². The highest BCUT2D eigenvalue weighted by Gasteiger charge is 2.38. The third-order valence-corrected chi connectivity index (χ3v) is 4.50. The van der Waals surface area contributed by atoms with Crippen LogP contribution in [0.5, 0.6) is 0 Å². The van der Waals surface area contributed by atoms with Crippen molar-refractivity contribution in [2.45, 2.75) is 45.6 Å². The fourth-order valence-corrected chi connectivity index (χ4v) is 3.14. The van der Waals surface area contributed by atoms with Crippen molar-refractivity contribution in [1.82, 2.24) is 14.5 Å². The highest BCUT2D eigenvalue weighted by atomic mass is 19.4. The third-order valence-electron chi connectivity index (χ3n) is 4.50. The molecule has 0 spiro atoms. The topological polar surface area (TPSA) is 38.1 Å². The third kappa shape index (κ3) is 4.18. The number of imidazole rings is 1. The van der Waals surface area contributed by atoms with Crippen LogP contribution in [0.25, 0.3) is 11.0 Å². The SMILES string of the molecule is CC(C)(C)N(Cc1ccccc1)C(=O)Cn1c(C(F)(F)F)nc2ccccc21. The first kappa shape index (κ1) is 19.9. The van der Waals surface area contributed by atoms with E-state index in [0.717, 1.165) is 10.1 Å². The lowest BCUT2D eigenvalue weighted by Crippen LogP contribution is -2.46. The van der Waals surface area contributed by atoms with Gasteiger partial charge in [0.05, 0.1) is 11.0 Å². The molecular formula is C21H22F3N3O. The summed E-state index contributed by atoms with van der Waals surface area (Å²) in [6.45, 7) is 5.48. The number of aromatic nitrogens is 2. The molecule has 148 valence electrons. The molecule has 0 unspecified atom stereocenters. The van der Waals surface area contributed by atoms with E-state index in [1.54, 1.807) is 23.1 Å². The molecule has 0 fully saturated rings. The number of alkyl halides is 3. The number of amides is 1. The Morgan fingerprint density at radius 1 is 1.00 bits per heavy atom. The maximum atomic E-state index is 13.5. The molecular weight excluding hydrogens is 367 g/mol. The number of fused-ring (bicyclic) bond motifs is 1. The second-order valence-corrected chi connectivity index (χ2v) is 7.64. The number of para-hydroxylation sites is 2. The minimum atomic E-state index is -4.65. The Bertz CT molecular complexity index is 972. The van der Waals surface area contributed by atoms with Crippen molar-refractivity contribution in [1.29, 1.82) is 0 Å². The second kappa shape index (κ2) is 7.30. The maximum absolute atomic E-state index is 13.5. The zero-order chi connectivity index (χ0) is 20.5. The van der Waals surface area contributed by atoms with Gasteiger partial charge in [0.1, 0.15) is 6.54 Å². The van der Waals surface area contributed by atoms with Gasteiger partial charge in [0.25, 0.3) is 0 Å². The standard InChI is InChI=1S/C21H22F3N3O/c1-20(2,3)27(13-15-9-5-4-6-10-15)18(28)14-26-17-12-8-7-11-16(17)25-19(26)21(22,23)24/h4-12H,13-14H2,1-3H3. The van der Waals surface area contributed by atoms with Crippen molar-refractivity contribution in [3.05, 3.63) is 66.0 Å². The van der Waals surface area contributed by atoms with Crippen molar-refractivity contribution in [3.63, 3.8) is 0 Å². The highest BCUT2D eigenvalue weighted by molar-refractivity contribution is 5.81. The summed E-state index contributed by atoms with van der Waals surface area (Å²) in [7, 11) is 0. The van der Waals surface area contributed by atoms with Gasteiger partial charge in [-0.15, -0.1) is 0 Å². The normalized spacial score (nSPS) is 12.4. The van der Waals surface area contributed by atoms with Crippen molar-refractivity contribution < 1.29 is 18.0 Å². The van der Waals surface area contributed by atoms with Crippen molar-refractivity contribution in [2.24, 2.45) is 0 Å². The van der Waals surface area contributed by atoms with Crippen LogP contribution in [0.4, 0.5) is 13.2 Å². The van der Waals surface area contributed by atoms with Crippen LogP contribution in [0.2, 0.25) is 0 Å². The Morgan fingerprint density at radius 3 is 2.21 bits per heavy atom. The molecule has 1 aromatic heterocycles. The summed E-state index contributed by atoms with van der Waals surface area (Å²) < 4.78 is 41.5. The Labute approximate surface area is 161 Å². The molecule has 0 radical (unpaired) electrons. The molecule has 0 N–H and O–H groups in total. The van der Waals surface area contributed by atoms with Crippen LogP contribution in [0.3, 0.4) is 0 Å². The number of halogens is 3. The van der Waals surface area contributed by atoms with E-state index in [-0.39, 0.29) is 11.0 Å². The van der Waals surface area contributed by atoms with E-state index in [4.69, 9.17) is 0 Å². The number of rotatable bonds is 4. The van der Waals surface area contributed by atoms with Crippen LogP contribution in [0, 0.1) is 0 Å². The summed E-state index contributed by atoms with van der Waals surface area (Å²) in [5.41, 5.74) is 0.865. The molecule has 7 heteroatoms. The van der Waals surface area contributed by atoms with Crippen molar-refractivity contribution >= 4 is 16.9 Å². The first-order valence-electron chi connectivity index (χ1n) is 8.94. The Kier molecular flexibility index (Phi) is 5.19. The van der Waals surface area contributed by atoms with Crippen molar-refractivity contribution in [2.75, 3.05) is 0 Å². The summed E-state index contributed by atoms with van der Waals surface area (Å²) in [5.74, 6) is -1.46. The van der Waals surface area contributed by atoms with Gasteiger partial charge in [-0.05, 0) is 38.5 Å². The molecule has 0 aliphatic heterocycles. The molecule has 0 aliphatic carbocycles. The van der Waals surface area contributed by atoms with Crippen LogP contribution in [0.1, 0.15) is 32.2 Å². The van der Waals surface area contributed by atoms with E-state index >= 15 is 0 Å². The lowest BCUT2D eigenvalue weighted by molar-refractivity contribution is -0.148. The lowest BCUT2D eigenvalue weighted by atomic mass is 10.0. The highest BCUT2D eigenvalue weighted by Crippen LogP contribution is 2.32. The fourth-order valence-electron chi connectivity index (χ4n) is 3.14. The van der Waals surface area contributed by atoms with Crippen LogP contribution in [-0.2, 0) is 24.1 Å². The van der Waals surface area contributed by atoms with Crippen LogP contribution >= 0.6 is 0 Å². The summed E-state index contributed by atoms with van der Waals surface area (Å²) >= 11 is 0. The lowest BCUT2D eigenvalue weighted by Gasteiger charge is -2.36. The predicted molar refractivity (Wildman–Crippen MR) is 101 cm³/mol. The molecule has 3 aromatic rings. The molecule has 2 aromatic carbocycles. The average Bonchev–Trinajstić information content (AvgIpc) is 2.98. The van der Waals surface area contributed by atoms with Crippen LogP contribution < -0.4 is 0 Å². The predicted octanol–water partition coefficient (Wildman–Crippen LogP) is 4.88. The average molecular weight is 389 g/mol. The number of carbonyl (C=O) groups excluding carboxylic acids is 1. The zero-order valence-corrected chi connectivity index (χ0v) is 16.0. The van der Waals surface area contributed by atoms with E-state index < -0.39 is 30.0 Å². The summed E-state index contributed by atoms with van der Waals surface area (Å²) in [6, 6.07) is 15.7. The number of hydrogen-bond donors (Lipinski definition) is 0. The smallest absolute Gasteiger partial charge is 0.332 e. The zero-order valence-electron chi connectivity index (χ0n) is 16.0. The van der Waals surface area contributed by atoms with Gasteiger partial charge in [-0.3, -0.25) is 4.79 Å². The molecule has 1 heterocycles. The van der Waals surface area contributed by atoms with Gasteiger partial charge in [-0.25, -0.2) is 4.98 Å². The maximum Gasteiger partial charge on any atom is 0.449 e. The number of benzene rings is 2. The first-order chi connectivity index (χ1) is 13.1. The van der Waals surface area contributed by atoms with Gasteiger partial charge in [-0.1, -0.05) is 42.5 Å². The number of carbonyl (C=O) groups is 1. The fraction of sp³-hybridized carbons (Fsp3) is 0.333. The molecule has 0 saturated carbocycles. The molecule has 0 bridgehead atoms.